The molecule has 10 heteroatoms. The second-order valence-electron chi connectivity index (χ2n) is 5.98. The van der Waals surface area contributed by atoms with E-state index in [0.717, 1.165) is 18.2 Å². The Balaban J connectivity index is 1.65. The van der Waals surface area contributed by atoms with Crippen LogP contribution in [0.1, 0.15) is 5.56 Å². The van der Waals surface area contributed by atoms with Crippen molar-refractivity contribution >= 4 is 29.2 Å². The van der Waals surface area contributed by atoms with Crippen LogP contribution in [0, 0.1) is 11.6 Å². The van der Waals surface area contributed by atoms with Crippen LogP contribution >= 0.6 is 23.2 Å². The van der Waals surface area contributed by atoms with Crippen molar-refractivity contribution < 1.29 is 8.78 Å². The minimum atomic E-state index is -0.568. The Morgan fingerprint density at radius 1 is 1.03 bits per heavy atom. The second kappa shape index (κ2) is 8.10. The highest BCUT2D eigenvalue weighted by molar-refractivity contribution is 6.43. The molecule has 0 saturated heterocycles. The summed E-state index contributed by atoms with van der Waals surface area (Å²) >= 11 is 12.3. The molecule has 2 aromatic carbocycles. The Labute approximate surface area is 174 Å². The first-order valence-corrected chi connectivity index (χ1v) is 9.16. The van der Waals surface area contributed by atoms with Crippen molar-refractivity contribution in [1.29, 1.82) is 0 Å². The monoisotopic (exact) mass is 432 g/mol. The summed E-state index contributed by atoms with van der Waals surface area (Å²) in [5.74, 6) is -0.823. The van der Waals surface area contributed by atoms with Crippen LogP contribution < -0.4 is 5.32 Å². The van der Waals surface area contributed by atoms with E-state index in [2.05, 4.69) is 25.8 Å². The first-order chi connectivity index (χ1) is 14.0. The maximum absolute atomic E-state index is 14.2. The Hall–Kier alpha value is -3.10. The van der Waals surface area contributed by atoms with E-state index in [9.17, 15) is 8.78 Å². The van der Waals surface area contributed by atoms with E-state index in [4.69, 9.17) is 23.2 Å². The number of aromatic nitrogens is 5. The number of nitrogens with one attached hydrogen (secondary N) is 1. The Bertz CT molecular complexity index is 1180. The van der Waals surface area contributed by atoms with Gasteiger partial charge in [0.05, 0.1) is 21.4 Å². The largest absolute Gasteiger partial charge is 0.349 e. The summed E-state index contributed by atoms with van der Waals surface area (Å²) in [5, 5.41) is 15.3. The highest BCUT2D eigenvalue weighted by Gasteiger charge is 2.16. The lowest BCUT2D eigenvalue weighted by molar-refractivity contribution is 0.602. The molecule has 0 unspecified atom stereocenters. The van der Waals surface area contributed by atoms with Crippen molar-refractivity contribution in [3.63, 3.8) is 0 Å². The molecule has 6 nitrogen and oxygen atoms in total. The maximum Gasteiger partial charge on any atom is 0.248 e. The third-order valence-electron chi connectivity index (χ3n) is 4.14. The molecule has 0 amide bonds. The van der Waals surface area contributed by atoms with Crippen molar-refractivity contribution in [2.24, 2.45) is 0 Å². The number of pyridine rings is 1. The highest BCUT2D eigenvalue weighted by Crippen LogP contribution is 2.30. The predicted molar refractivity (Wildman–Crippen MR) is 106 cm³/mol. The molecule has 4 aromatic rings. The summed E-state index contributed by atoms with van der Waals surface area (Å²) in [5.41, 5.74) is 1.51. The van der Waals surface area contributed by atoms with Gasteiger partial charge >= 0.3 is 0 Å². The van der Waals surface area contributed by atoms with Crippen LogP contribution in [-0.2, 0) is 6.54 Å². The normalized spacial score (nSPS) is 10.9. The molecule has 2 aromatic heterocycles. The third kappa shape index (κ3) is 3.90. The molecule has 146 valence electrons. The molecule has 29 heavy (non-hydrogen) atoms. The number of rotatable bonds is 5. The molecule has 0 aliphatic rings. The lowest BCUT2D eigenvalue weighted by Gasteiger charge is -2.12. The third-order valence-corrected chi connectivity index (χ3v) is 4.95. The standard InChI is InChI=1S/C19H12Cl2F2N6/c20-14-4-1-5-16(17(14)21)29-19(26-27-28-29)25-10-11-3-2-8-24-18(11)13-9-12(22)6-7-15(13)23/h1-9H,10H2,(H,25,26,28). The van der Waals surface area contributed by atoms with E-state index in [1.807, 2.05) is 0 Å². The number of hydrogen-bond acceptors (Lipinski definition) is 5. The SMILES string of the molecule is Fc1ccc(F)c(-c2ncccc2CNc2nnnn2-c2cccc(Cl)c2Cl)c1. The first-order valence-electron chi connectivity index (χ1n) is 8.40. The summed E-state index contributed by atoms with van der Waals surface area (Å²) in [4.78, 5) is 4.21. The Kier molecular flexibility index (Phi) is 5.37. The van der Waals surface area contributed by atoms with Gasteiger partial charge < -0.3 is 5.32 Å². The van der Waals surface area contributed by atoms with Crippen LogP contribution in [0.25, 0.3) is 16.9 Å². The zero-order valence-corrected chi connectivity index (χ0v) is 16.2. The first kappa shape index (κ1) is 19.2. The van der Waals surface area contributed by atoms with Crippen molar-refractivity contribution in [1.82, 2.24) is 25.2 Å². The van der Waals surface area contributed by atoms with E-state index in [-0.39, 0.29) is 12.1 Å². The summed E-state index contributed by atoms with van der Waals surface area (Å²) < 4.78 is 29.2. The van der Waals surface area contributed by atoms with Gasteiger partial charge in [0.25, 0.3) is 0 Å². The average molecular weight is 433 g/mol. The van der Waals surface area contributed by atoms with Crippen LogP contribution in [0.15, 0.2) is 54.7 Å². The number of tetrazole rings is 1. The summed E-state index contributed by atoms with van der Waals surface area (Å²) in [6, 6.07) is 11.8. The highest BCUT2D eigenvalue weighted by atomic mass is 35.5. The number of nitrogens with zero attached hydrogens (tertiary/aromatic N) is 5. The van der Waals surface area contributed by atoms with Gasteiger partial charge in [0.15, 0.2) is 0 Å². The Morgan fingerprint density at radius 2 is 1.90 bits per heavy atom. The molecule has 0 atom stereocenters. The molecular formula is C19H12Cl2F2N6. The average Bonchev–Trinajstić information content (AvgIpc) is 3.19. The number of benzene rings is 2. The van der Waals surface area contributed by atoms with Gasteiger partial charge in [-0.25, -0.2) is 8.78 Å². The quantitative estimate of drug-likeness (QED) is 0.484. The molecule has 0 aliphatic carbocycles. The molecule has 0 saturated carbocycles. The molecule has 0 spiro atoms. The molecule has 0 radical (unpaired) electrons. The molecule has 0 bridgehead atoms. The van der Waals surface area contributed by atoms with Crippen LogP contribution in [0.2, 0.25) is 10.0 Å². The van der Waals surface area contributed by atoms with Crippen molar-refractivity contribution in [2.45, 2.75) is 6.54 Å². The van der Waals surface area contributed by atoms with E-state index in [0.29, 0.717) is 32.9 Å². The summed E-state index contributed by atoms with van der Waals surface area (Å²) in [6.45, 7) is 0.206. The summed E-state index contributed by atoms with van der Waals surface area (Å²) in [6.07, 6.45) is 1.51. The van der Waals surface area contributed by atoms with E-state index >= 15 is 0 Å². The van der Waals surface area contributed by atoms with Gasteiger partial charge in [0, 0.05) is 18.3 Å². The van der Waals surface area contributed by atoms with Crippen LogP contribution in [0.5, 0.6) is 0 Å². The minimum absolute atomic E-state index is 0.0693. The lowest BCUT2D eigenvalue weighted by atomic mass is 10.1. The molecule has 1 N–H and O–H groups in total. The van der Waals surface area contributed by atoms with Gasteiger partial charge in [-0.05, 0) is 52.4 Å². The van der Waals surface area contributed by atoms with E-state index in [1.165, 1.54) is 10.9 Å². The summed E-state index contributed by atoms with van der Waals surface area (Å²) in [7, 11) is 0. The van der Waals surface area contributed by atoms with Gasteiger partial charge in [-0.3, -0.25) is 4.98 Å². The topological polar surface area (TPSA) is 68.5 Å². The lowest BCUT2D eigenvalue weighted by Crippen LogP contribution is -2.09. The van der Waals surface area contributed by atoms with Crippen molar-refractivity contribution in [3.8, 4) is 16.9 Å². The fourth-order valence-electron chi connectivity index (χ4n) is 2.79. The van der Waals surface area contributed by atoms with E-state index in [1.54, 1.807) is 30.3 Å². The van der Waals surface area contributed by atoms with Crippen LogP contribution in [0.4, 0.5) is 14.7 Å². The van der Waals surface area contributed by atoms with Crippen molar-refractivity contribution in [3.05, 3.63) is 82.0 Å². The minimum Gasteiger partial charge on any atom is -0.349 e. The van der Waals surface area contributed by atoms with E-state index < -0.39 is 11.6 Å². The van der Waals surface area contributed by atoms with Gasteiger partial charge in [-0.1, -0.05) is 40.4 Å². The molecule has 0 fully saturated rings. The number of anilines is 1. The predicted octanol–water partition coefficient (Wildman–Crippen LogP) is 4.92. The van der Waals surface area contributed by atoms with Crippen LogP contribution in [0.3, 0.4) is 0 Å². The molecular weight excluding hydrogens is 421 g/mol. The van der Waals surface area contributed by atoms with Crippen LogP contribution in [-0.4, -0.2) is 25.2 Å². The smallest absolute Gasteiger partial charge is 0.248 e. The van der Waals surface area contributed by atoms with Gasteiger partial charge in [-0.15, -0.1) is 0 Å². The number of halogens is 4. The second-order valence-corrected chi connectivity index (χ2v) is 6.76. The zero-order valence-electron chi connectivity index (χ0n) is 14.7. The van der Waals surface area contributed by atoms with Gasteiger partial charge in [0.2, 0.25) is 5.95 Å². The fourth-order valence-corrected chi connectivity index (χ4v) is 3.17. The zero-order chi connectivity index (χ0) is 20.4. The molecule has 2 heterocycles. The van der Waals surface area contributed by atoms with Gasteiger partial charge in [-0.2, -0.15) is 4.68 Å². The van der Waals surface area contributed by atoms with Gasteiger partial charge in [0.1, 0.15) is 11.6 Å². The van der Waals surface area contributed by atoms with Crippen molar-refractivity contribution in [2.75, 3.05) is 5.32 Å². The maximum atomic E-state index is 14.2. The molecule has 0 aliphatic heterocycles. The Morgan fingerprint density at radius 3 is 2.76 bits per heavy atom. The number of hydrogen-bond donors (Lipinski definition) is 1. The molecule has 4 rings (SSSR count). The fraction of sp³-hybridized carbons (Fsp3) is 0.0526.